The molecule has 5 heteroatoms. The first-order chi connectivity index (χ1) is 9.17. The van der Waals surface area contributed by atoms with Gasteiger partial charge in [0.25, 0.3) is 0 Å². The topological polar surface area (TPSA) is 52.6 Å². The van der Waals surface area contributed by atoms with E-state index in [2.05, 4.69) is 0 Å². The number of esters is 2. The summed E-state index contributed by atoms with van der Waals surface area (Å²) in [7, 11) is 0. The van der Waals surface area contributed by atoms with Gasteiger partial charge in [0, 0.05) is 11.0 Å². The van der Waals surface area contributed by atoms with Gasteiger partial charge in [-0.25, -0.2) is 9.59 Å². The zero-order valence-corrected chi connectivity index (χ0v) is 13.2. The number of carbonyl (C=O) groups excluding carboxylic acids is 2. The molecule has 0 atom stereocenters. The van der Waals surface area contributed by atoms with Crippen LogP contribution >= 0.6 is 11.3 Å². The van der Waals surface area contributed by atoms with Gasteiger partial charge in [0.2, 0.25) is 0 Å². The summed E-state index contributed by atoms with van der Waals surface area (Å²) in [6.45, 7) is 9.03. The van der Waals surface area contributed by atoms with Crippen molar-refractivity contribution < 1.29 is 19.1 Å². The van der Waals surface area contributed by atoms with E-state index in [1.807, 2.05) is 20.8 Å². The third-order valence-electron chi connectivity index (χ3n) is 1.96. The van der Waals surface area contributed by atoms with E-state index in [0.717, 1.165) is 4.88 Å². The molecular formula is C15H20O4S. The van der Waals surface area contributed by atoms with Crippen molar-refractivity contribution in [1.29, 1.82) is 0 Å². The van der Waals surface area contributed by atoms with Gasteiger partial charge in [0.05, 0.1) is 6.10 Å². The molecule has 4 nitrogen and oxygen atoms in total. The van der Waals surface area contributed by atoms with E-state index in [4.69, 9.17) is 9.47 Å². The van der Waals surface area contributed by atoms with Crippen LogP contribution in [-0.2, 0) is 14.3 Å². The molecule has 0 aliphatic heterocycles. The number of ether oxygens (including phenoxy) is 2. The van der Waals surface area contributed by atoms with Crippen LogP contribution in [-0.4, -0.2) is 23.6 Å². The highest BCUT2D eigenvalue weighted by atomic mass is 32.1. The maximum atomic E-state index is 11.7. The number of thiophene rings is 1. The summed E-state index contributed by atoms with van der Waals surface area (Å²) in [5.41, 5.74) is -0.511. The Kier molecular flexibility index (Phi) is 5.51. The van der Waals surface area contributed by atoms with E-state index in [1.54, 1.807) is 32.1 Å². The normalized spacial score (nSPS) is 11.9. The second kappa shape index (κ2) is 6.70. The molecule has 1 aromatic rings. The molecule has 0 saturated heterocycles. The van der Waals surface area contributed by atoms with Gasteiger partial charge < -0.3 is 9.47 Å². The summed E-state index contributed by atoms with van der Waals surface area (Å²) in [5.74, 6) is -0.751. The van der Waals surface area contributed by atoms with Crippen LogP contribution in [0.3, 0.4) is 0 Å². The highest BCUT2D eigenvalue weighted by Crippen LogP contribution is 2.19. The van der Waals surface area contributed by atoms with Gasteiger partial charge in [-0.2, -0.15) is 0 Å². The maximum absolute atomic E-state index is 11.7. The zero-order chi connectivity index (χ0) is 15.3. The van der Waals surface area contributed by atoms with Gasteiger partial charge >= 0.3 is 11.9 Å². The van der Waals surface area contributed by atoms with E-state index >= 15 is 0 Å². The van der Waals surface area contributed by atoms with Crippen LogP contribution in [0.5, 0.6) is 0 Å². The largest absolute Gasteiger partial charge is 0.459 e. The third-order valence-corrected chi connectivity index (χ3v) is 2.99. The molecule has 110 valence electrons. The lowest BCUT2D eigenvalue weighted by atomic mass is 10.2. The predicted molar refractivity (Wildman–Crippen MR) is 79.7 cm³/mol. The molecule has 20 heavy (non-hydrogen) atoms. The van der Waals surface area contributed by atoms with Crippen molar-refractivity contribution in [3.8, 4) is 0 Å². The standard InChI is InChI=1S/C15H20O4S/c1-10(2)18-14(17)12-8-6-11(20-12)7-9-13(16)19-15(3,4)5/h6-10H,1-5H3/b9-7+. The summed E-state index contributed by atoms with van der Waals surface area (Å²) < 4.78 is 10.3. The minimum absolute atomic E-state index is 0.148. The number of hydrogen-bond acceptors (Lipinski definition) is 5. The number of rotatable bonds is 4. The Morgan fingerprint density at radius 1 is 1.25 bits per heavy atom. The molecule has 0 amide bonds. The first-order valence-electron chi connectivity index (χ1n) is 6.39. The lowest BCUT2D eigenvalue weighted by molar-refractivity contribution is -0.148. The lowest BCUT2D eigenvalue weighted by Gasteiger charge is -2.17. The fourth-order valence-corrected chi connectivity index (χ4v) is 2.10. The van der Waals surface area contributed by atoms with Crippen molar-refractivity contribution in [3.05, 3.63) is 28.0 Å². The van der Waals surface area contributed by atoms with E-state index in [1.165, 1.54) is 17.4 Å². The molecule has 0 aliphatic carbocycles. The molecule has 0 aromatic carbocycles. The molecule has 0 spiro atoms. The third kappa shape index (κ3) is 6.02. The van der Waals surface area contributed by atoms with Crippen LogP contribution in [0, 0.1) is 0 Å². The Balaban J connectivity index is 2.64. The molecule has 0 N–H and O–H groups in total. The quantitative estimate of drug-likeness (QED) is 0.628. The second-order valence-corrected chi connectivity index (χ2v) is 6.64. The van der Waals surface area contributed by atoms with E-state index in [-0.39, 0.29) is 12.1 Å². The van der Waals surface area contributed by atoms with Gasteiger partial charge in [-0.1, -0.05) is 0 Å². The summed E-state index contributed by atoms with van der Waals surface area (Å²) in [5, 5.41) is 0. The van der Waals surface area contributed by atoms with Gasteiger partial charge in [-0.05, 0) is 52.8 Å². The van der Waals surface area contributed by atoms with Crippen LogP contribution in [0.4, 0.5) is 0 Å². The molecule has 1 heterocycles. The molecule has 0 aliphatic rings. The van der Waals surface area contributed by atoms with Crippen LogP contribution in [0.15, 0.2) is 18.2 Å². The summed E-state index contributed by atoms with van der Waals surface area (Å²) in [4.78, 5) is 24.5. The zero-order valence-electron chi connectivity index (χ0n) is 12.4. The van der Waals surface area contributed by atoms with Crippen LogP contribution in [0.1, 0.15) is 49.2 Å². The first kappa shape index (κ1) is 16.4. The Bertz CT molecular complexity index is 506. The minimum Gasteiger partial charge on any atom is -0.459 e. The van der Waals surface area contributed by atoms with Crippen molar-refractivity contribution in [3.63, 3.8) is 0 Å². The molecule has 1 aromatic heterocycles. The Morgan fingerprint density at radius 2 is 1.90 bits per heavy atom. The Morgan fingerprint density at radius 3 is 2.45 bits per heavy atom. The molecular weight excluding hydrogens is 276 g/mol. The fourth-order valence-electron chi connectivity index (χ4n) is 1.31. The van der Waals surface area contributed by atoms with Crippen molar-refractivity contribution in [2.75, 3.05) is 0 Å². The SMILES string of the molecule is CC(C)OC(=O)c1ccc(/C=C/C(=O)OC(C)(C)C)s1. The van der Waals surface area contributed by atoms with Gasteiger partial charge in [0.15, 0.2) is 0 Å². The van der Waals surface area contributed by atoms with E-state index in [0.29, 0.717) is 4.88 Å². The highest BCUT2D eigenvalue weighted by molar-refractivity contribution is 7.14. The van der Waals surface area contributed by atoms with E-state index in [9.17, 15) is 9.59 Å². The molecule has 0 radical (unpaired) electrons. The van der Waals surface area contributed by atoms with Crippen molar-refractivity contribution in [2.45, 2.75) is 46.3 Å². The van der Waals surface area contributed by atoms with Crippen LogP contribution in [0.25, 0.3) is 6.08 Å². The summed E-state index contributed by atoms with van der Waals surface area (Å²) in [6, 6.07) is 3.45. The Labute approximate surface area is 123 Å². The number of hydrogen-bond donors (Lipinski definition) is 0. The van der Waals surface area contributed by atoms with Gasteiger partial charge in [-0.3, -0.25) is 0 Å². The molecule has 0 bridgehead atoms. The fraction of sp³-hybridized carbons (Fsp3) is 0.467. The van der Waals surface area contributed by atoms with Crippen molar-refractivity contribution in [2.24, 2.45) is 0 Å². The monoisotopic (exact) mass is 296 g/mol. The van der Waals surface area contributed by atoms with Crippen molar-refractivity contribution >= 4 is 29.4 Å². The highest BCUT2D eigenvalue weighted by Gasteiger charge is 2.14. The predicted octanol–water partition coefficient (Wildman–Crippen LogP) is 3.67. The summed E-state index contributed by atoms with van der Waals surface area (Å²) in [6.07, 6.45) is 2.84. The van der Waals surface area contributed by atoms with Crippen LogP contribution < -0.4 is 0 Å². The van der Waals surface area contributed by atoms with Gasteiger partial charge in [-0.15, -0.1) is 11.3 Å². The van der Waals surface area contributed by atoms with E-state index < -0.39 is 11.6 Å². The minimum atomic E-state index is -0.511. The van der Waals surface area contributed by atoms with Crippen molar-refractivity contribution in [1.82, 2.24) is 0 Å². The number of carbonyl (C=O) groups is 2. The Hall–Kier alpha value is -1.62. The molecule has 0 unspecified atom stereocenters. The smallest absolute Gasteiger partial charge is 0.348 e. The molecule has 1 rings (SSSR count). The first-order valence-corrected chi connectivity index (χ1v) is 7.21. The maximum Gasteiger partial charge on any atom is 0.348 e. The second-order valence-electron chi connectivity index (χ2n) is 5.52. The average Bonchev–Trinajstić information content (AvgIpc) is 2.71. The van der Waals surface area contributed by atoms with Gasteiger partial charge in [0.1, 0.15) is 10.5 Å². The van der Waals surface area contributed by atoms with Crippen LogP contribution in [0.2, 0.25) is 0 Å². The summed E-state index contributed by atoms with van der Waals surface area (Å²) >= 11 is 1.27. The molecule has 0 saturated carbocycles. The average molecular weight is 296 g/mol. The molecule has 0 fully saturated rings. The lowest BCUT2D eigenvalue weighted by Crippen LogP contribution is -2.22.